The molecule has 36 heavy (non-hydrogen) atoms. The highest BCUT2D eigenvalue weighted by Crippen LogP contribution is 2.65. The van der Waals surface area contributed by atoms with Crippen LogP contribution in [0.3, 0.4) is 0 Å². The molecule has 0 saturated heterocycles. The van der Waals surface area contributed by atoms with Crippen molar-refractivity contribution in [3.05, 3.63) is 35.4 Å². The number of Topliss-reactive ketones (excluding diaryl/α,β-unsaturated/α-hetero) is 1. The summed E-state index contributed by atoms with van der Waals surface area (Å²) in [6, 6.07) is 8.61. The van der Waals surface area contributed by atoms with Crippen LogP contribution in [0.15, 0.2) is 29.8 Å². The second-order valence-corrected chi connectivity index (χ2v) is 12.1. The highest BCUT2D eigenvalue weighted by Gasteiger charge is 2.63. The van der Waals surface area contributed by atoms with E-state index in [1.54, 1.807) is 7.05 Å². The smallest absolute Gasteiger partial charge is 0.217 e. The van der Waals surface area contributed by atoms with Gasteiger partial charge in [0.15, 0.2) is 5.78 Å². The van der Waals surface area contributed by atoms with Crippen LogP contribution in [0.1, 0.15) is 39.2 Å². The highest BCUT2D eigenvalue weighted by molar-refractivity contribution is 7.81. The van der Waals surface area contributed by atoms with Gasteiger partial charge in [-0.25, -0.2) is 16.8 Å². The number of benzene rings is 1. The van der Waals surface area contributed by atoms with E-state index in [0.29, 0.717) is 11.7 Å². The van der Waals surface area contributed by atoms with Gasteiger partial charge in [-0.1, -0.05) is 20.8 Å². The van der Waals surface area contributed by atoms with Gasteiger partial charge in [-0.05, 0) is 65.7 Å². The molecule has 2 bridgehead atoms. The van der Waals surface area contributed by atoms with Crippen molar-refractivity contribution in [2.75, 3.05) is 42.4 Å². The van der Waals surface area contributed by atoms with E-state index in [0.717, 1.165) is 42.7 Å². The van der Waals surface area contributed by atoms with E-state index in [1.165, 1.54) is 5.69 Å². The molecular formula is C23H40N2O9S2. The van der Waals surface area contributed by atoms with Gasteiger partial charge in [-0.3, -0.25) is 17.6 Å². The lowest BCUT2D eigenvalue weighted by molar-refractivity contribution is -0.325. The van der Waals surface area contributed by atoms with Crippen molar-refractivity contribution < 1.29 is 44.8 Å². The molecule has 1 aromatic carbocycles. The molecule has 2 atom stereocenters. The molecule has 11 nitrogen and oxygen atoms in total. The van der Waals surface area contributed by atoms with Gasteiger partial charge in [0, 0.05) is 5.41 Å². The van der Waals surface area contributed by atoms with Gasteiger partial charge in [-0.15, -0.1) is 0 Å². The third-order valence-corrected chi connectivity index (χ3v) is 7.58. The molecule has 13 heteroatoms. The summed E-state index contributed by atoms with van der Waals surface area (Å²) >= 11 is 0. The average molecular weight is 553 g/mol. The van der Waals surface area contributed by atoms with E-state index in [2.05, 4.69) is 86.4 Å². The van der Waals surface area contributed by atoms with Gasteiger partial charge < -0.3 is 14.8 Å². The fourth-order valence-electron chi connectivity index (χ4n) is 4.29. The maximum absolute atomic E-state index is 12.9. The second kappa shape index (κ2) is 12.7. The number of rotatable bonds is 4. The number of fused-ring (bicyclic) bond motifs is 2. The van der Waals surface area contributed by atoms with Crippen LogP contribution in [0, 0.1) is 16.7 Å². The van der Waals surface area contributed by atoms with Crippen LogP contribution in [0.4, 0.5) is 5.69 Å². The Morgan fingerprint density at radius 1 is 0.944 bits per heavy atom. The summed E-state index contributed by atoms with van der Waals surface area (Å²) in [5, 5.41) is 0. The SMILES string of the molecule is CC12CCC(C(=Cc3ccc([N+](C)(C)C)cc3)C1=O)C2(C)C.COS(=O)(=O)[O-].COS(=O)(=O)[O-].C[NH3+]. The number of nitrogens with zero attached hydrogens (tertiary/aromatic N) is 1. The minimum Gasteiger partial charge on any atom is -0.726 e. The summed E-state index contributed by atoms with van der Waals surface area (Å²) < 4.78 is 62.9. The van der Waals surface area contributed by atoms with E-state index < -0.39 is 20.8 Å². The number of ketones is 1. The van der Waals surface area contributed by atoms with E-state index in [-0.39, 0.29) is 10.8 Å². The van der Waals surface area contributed by atoms with Gasteiger partial charge in [0.25, 0.3) is 0 Å². The molecule has 0 aliphatic heterocycles. The van der Waals surface area contributed by atoms with Gasteiger partial charge in [0.05, 0.1) is 42.4 Å². The lowest BCUT2D eigenvalue weighted by Gasteiger charge is -2.31. The summed E-state index contributed by atoms with van der Waals surface area (Å²) in [7, 11) is 1.03. The Balaban J connectivity index is 0.000000727. The molecule has 2 aliphatic carbocycles. The molecule has 2 fully saturated rings. The van der Waals surface area contributed by atoms with E-state index in [9.17, 15) is 30.7 Å². The molecule has 0 spiro atoms. The van der Waals surface area contributed by atoms with Crippen LogP contribution in [-0.4, -0.2) is 74.1 Å². The Morgan fingerprint density at radius 3 is 1.61 bits per heavy atom. The van der Waals surface area contributed by atoms with Gasteiger partial charge in [0.1, 0.15) is 5.69 Å². The molecule has 2 unspecified atom stereocenters. The van der Waals surface area contributed by atoms with Gasteiger partial charge >= 0.3 is 0 Å². The Morgan fingerprint density at radius 2 is 1.33 bits per heavy atom. The normalized spacial score (nSPS) is 23.6. The van der Waals surface area contributed by atoms with Gasteiger partial charge in [0.2, 0.25) is 20.8 Å². The number of carbonyl (C=O) groups is 1. The Kier molecular flexibility index (Phi) is 12.1. The topological polar surface area (TPSA) is 178 Å². The van der Waals surface area contributed by atoms with Gasteiger partial charge in [-0.2, -0.15) is 0 Å². The predicted octanol–water partition coefficient (Wildman–Crippen LogP) is 1.34. The molecule has 0 radical (unpaired) electrons. The lowest BCUT2D eigenvalue weighted by Crippen LogP contribution is -2.40. The standard InChI is InChI=1S/C20H28NO.CH5N.2CH4O4S/c1-19(2)17-11-12-20(19,3)18(22)16(17)13-14-7-9-15(10-8-14)21(4,5)6;1-2;2*1-5-6(2,3)4/h7-10,13,17H,11-12H2,1-6H3;2H2,1H3;2*1H3,(H,2,3,4)/q+1;;;/p-1. The van der Waals surface area contributed by atoms with Crippen molar-refractivity contribution in [1.29, 1.82) is 0 Å². The molecule has 2 aliphatic rings. The van der Waals surface area contributed by atoms with Crippen molar-refractivity contribution in [2.24, 2.45) is 16.7 Å². The average Bonchev–Trinajstić information content (AvgIpc) is 3.08. The third kappa shape index (κ3) is 8.99. The zero-order valence-electron chi connectivity index (χ0n) is 22.5. The first-order valence-electron chi connectivity index (χ1n) is 11.1. The monoisotopic (exact) mass is 552 g/mol. The number of quaternary nitrogens is 2. The molecule has 0 heterocycles. The quantitative estimate of drug-likeness (QED) is 0.250. The number of carbonyl (C=O) groups excluding carboxylic acids is 1. The highest BCUT2D eigenvalue weighted by atomic mass is 32.3. The first kappa shape index (κ1) is 34.3. The molecule has 3 rings (SSSR count). The van der Waals surface area contributed by atoms with E-state index in [4.69, 9.17) is 0 Å². The molecule has 1 aromatic rings. The van der Waals surface area contributed by atoms with Crippen LogP contribution < -0.4 is 10.2 Å². The van der Waals surface area contributed by atoms with Crippen molar-refractivity contribution >= 4 is 38.3 Å². The number of hydrogen-bond donors (Lipinski definition) is 1. The van der Waals surface area contributed by atoms with Crippen molar-refractivity contribution in [1.82, 2.24) is 4.48 Å². The van der Waals surface area contributed by atoms with Crippen LogP contribution in [0.25, 0.3) is 6.08 Å². The molecule has 208 valence electrons. The van der Waals surface area contributed by atoms with E-state index >= 15 is 0 Å². The summed E-state index contributed by atoms with van der Waals surface area (Å²) in [5.74, 6) is 0.799. The second-order valence-electron chi connectivity index (χ2n) is 9.83. The summed E-state index contributed by atoms with van der Waals surface area (Å²) in [6.45, 7) is 6.70. The zero-order chi connectivity index (χ0) is 28.8. The third-order valence-electron chi connectivity index (χ3n) is 6.76. The zero-order valence-corrected chi connectivity index (χ0v) is 24.2. The summed E-state index contributed by atoms with van der Waals surface area (Å²) in [6.07, 6.45) is 4.33. The summed E-state index contributed by atoms with van der Waals surface area (Å²) in [5.41, 5.74) is 6.65. The van der Waals surface area contributed by atoms with Crippen LogP contribution in [-0.2, 0) is 34.0 Å². The maximum atomic E-state index is 12.9. The van der Waals surface area contributed by atoms with Crippen LogP contribution >= 0.6 is 0 Å². The van der Waals surface area contributed by atoms with E-state index in [1.807, 2.05) is 0 Å². The molecule has 3 N–H and O–H groups in total. The molecule has 2 saturated carbocycles. The minimum atomic E-state index is -4.41. The molecule has 0 aromatic heterocycles. The first-order valence-corrected chi connectivity index (χ1v) is 13.8. The van der Waals surface area contributed by atoms with Crippen molar-refractivity contribution in [2.45, 2.75) is 33.6 Å². The van der Waals surface area contributed by atoms with Crippen molar-refractivity contribution in [3.8, 4) is 0 Å². The predicted molar refractivity (Wildman–Crippen MR) is 136 cm³/mol. The lowest BCUT2D eigenvalue weighted by atomic mass is 9.70. The maximum Gasteiger partial charge on any atom is 0.217 e. The fraction of sp³-hybridized carbons (Fsp3) is 0.609. The largest absolute Gasteiger partial charge is 0.726 e. The Labute approximate surface area is 215 Å². The van der Waals surface area contributed by atoms with Crippen LogP contribution in [0.5, 0.6) is 0 Å². The Hall–Kier alpha value is -1.71. The number of allylic oxidation sites excluding steroid dienone is 1. The minimum absolute atomic E-state index is 0.0954. The number of hydrogen-bond acceptors (Lipinski definition) is 9. The molecule has 0 amide bonds. The van der Waals surface area contributed by atoms with Crippen molar-refractivity contribution in [3.63, 3.8) is 0 Å². The van der Waals surface area contributed by atoms with Crippen LogP contribution in [0.2, 0.25) is 0 Å². The molecular weight excluding hydrogens is 512 g/mol. The summed E-state index contributed by atoms with van der Waals surface area (Å²) in [4.78, 5) is 12.9. The first-order chi connectivity index (χ1) is 16.2. The Bertz CT molecular complexity index is 1090. The fourth-order valence-corrected chi connectivity index (χ4v) is 4.29.